The second kappa shape index (κ2) is 7.57. The third kappa shape index (κ3) is 3.57. The third-order valence-corrected chi connectivity index (χ3v) is 5.89. The van der Waals surface area contributed by atoms with E-state index in [0.29, 0.717) is 0 Å². The molecule has 0 N–H and O–H groups in total. The van der Waals surface area contributed by atoms with E-state index in [2.05, 4.69) is 68.1 Å². The fourth-order valence-electron chi connectivity index (χ4n) is 3.44. The molecule has 0 spiro atoms. The number of thiophene rings is 1. The summed E-state index contributed by atoms with van der Waals surface area (Å²) in [6, 6.07) is 11.2. The number of nitrogens with zero attached hydrogens (tertiary/aromatic N) is 3. The van der Waals surface area contributed by atoms with E-state index in [9.17, 15) is 5.26 Å². The van der Waals surface area contributed by atoms with Gasteiger partial charge in [-0.1, -0.05) is 29.8 Å². The lowest BCUT2D eigenvalue weighted by molar-refractivity contribution is 0.123. The van der Waals surface area contributed by atoms with Crippen LogP contribution in [0.4, 0.5) is 5.00 Å². The van der Waals surface area contributed by atoms with Crippen LogP contribution in [-0.4, -0.2) is 45.3 Å². The van der Waals surface area contributed by atoms with Crippen molar-refractivity contribution in [3.63, 3.8) is 0 Å². The van der Waals surface area contributed by atoms with Crippen LogP contribution in [0.1, 0.15) is 33.2 Å². The molecular formula is C20H25N3OS. The molecule has 1 fully saturated rings. The lowest BCUT2D eigenvalue weighted by atomic mass is 9.94. The highest BCUT2D eigenvalue weighted by molar-refractivity contribution is 7.16. The van der Waals surface area contributed by atoms with Crippen LogP contribution in [0.15, 0.2) is 24.3 Å². The van der Waals surface area contributed by atoms with E-state index in [4.69, 9.17) is 4.74 Å². The molecule has 0 radical (unpaired) electrons. The van der Waals surface area contributed by atoms with Gasteiger partial charge < -0.3 is 9.64 Å². The summed E-state index contributed by atoms with van der Waals surface area (Å²) in [5, 5.41) is 11.0. The smallest absolute Gasteiger partial charge is 0.110 e. The second-order valence-corrected chi connectivity index (χ2v) is 7.94. The Kier molecular flexibility index (Phi) is 5.43. The standard InChI is InChI=1S/C20H25N3OS/c1-14-5-7-16(8-6-14)19(22(3)4)18-15(2)25-20(17(18)13-21)23-9-11-24-12-10-23/h5-8,19H,9-12H2,1-4H3. The van der Waals surface area contributed by atoms with Crippen LogP contribution in [0.5, 0.6) is 0 Å². The van der Waals surface area contributed by atoms with Crippen molar-refractivity contribution in [1.82, 2.24) is 4.90 Å². The van der Waals surface area contributed by atoms with Gasteiger partial charge in [0, 0.05) is 23.5 Å². The van der Waals surface area contributed by atoms with Crippen molar-refractivity contribution in [2.45, 2.75) is 19.9 Å². The Morgan fingerprint density at radius 3 is 2.36 bits per heavy atom. The Morgan fingerprint density at radius 1 is 1.16 bits per heavy atom. The lowest BCUT2D eigenvalue weighted by Gasteiger charge is -2.29. The van der Waals surface area contributed by atoms with Gasteiger partial charge in [0.15, 0.2) is 0 Å². The minimum atomic E-state index is 0.0845. The van der Waals surface area contributed by atoms with Gasteiger partial charge >= 0.3 is 0 Å². The Morgan fingerprint density at radius 2 is 1.80 bits per heavy atom. The number of anilines is 1. The number of ether oxygens (including phenoxy) is 1. The summed E-state index contributed by atoms with van der Waals surface area (Å²) < 4.78 is 5.47. The molecule has 0 bridgehead atoms. The fourth-order valence-corrected chi connectivity index (χ4v) is 4.62. The largest absolute Gasteiger partial charge is 0.378 e. The van der Waals surface area contributed by atoms with Crippen molar-refractivity contribution in [2.75, 3.05) is 45.3 Å². The number of aryl methyl sites for hydroxylation is 2. The maximum Gasteiger partial charge on any atom is 0.110 e. The van der Waals surface area contributed by atoms with Crippen molar-refractivity contribution in [3.8, 4) is 6.07 Å². The van der Waals surface area contributed by atoms with Gasteiger partial charge in [-0.25, -0.2) is 0 Å². The van der Waals surface area contributed by atoms with Crippen LogP contribution < -0.4 is 4.90 Å². The van der Waals surface area contributed by atoms with Gasteiger partial charge in [-0.05, 0) is 33.5 Å². The molecule has 4 nitrogen and oxygen atoms in total. The highest BCUT2D eigenvalue weighted by Gasteiger charge is 2.28. The predicted octanol–water partition coefficient (Wildman–Crippen LogP) is 3.72. The van der Waals surface area contributed by atoms with Crippen LogP contribution in [0.2, 0.25) is 0 Å². The average Bonchev–Trinajstić information content (AvgIpc) is 2.94. The molecule has 1 aromatic heterocycles. The molecular weight excluding hydrogens is 330 g/mol. The predicted molar refractivity (Wildman–Crippen MR) is 104 cm³/mol. The molecule has 1 aliphatic rings. The molecule has 132 valence electrons. The van der Waals surface area contributed by atoms with Crippen LogP contribution in [0.3, 0.4) is 0 Å². The quantitative estimate of drug-likeness (QED) is 0.838. The van der Waals surface area contributed by atoms with Gasteiger partial charge in [0.25, 0.3) is 0 Å². The molecule has 1 saturated heterocycles. The highest BCUT2D eigenvalue weighted by atomic mass is 32.1. The zero-order valence-electron chi connectivity index (χ0n) is 15.4. The molecule has 2 aromatic rings. The van der Waals surface area contributed by atoms with Crippen molar-refractivity contribution >= 4 is 16.3 Å². The van der Waals surface area contributed by atoms with Gasteiger partial charge in [0.05, 0.1) is 24.8 Å². The van der Waals surface area contributed by atoms with Crippen LogP contribution in [-0.2, 0) is 4.74 Å². The Bertz CT molecular complexity index is 767. The average molecular weight is 356 g/mol. The molecule has 1 unspecified atom stereocenters. The van der Waals surface area contributed by atoms with E-state index in [1.165, 1.54) is 16.0 Å². The summed E-state index contributed by atoms with van der Waals surface area (Å²) in [7, 11) is 4.16. The van der Waals surface area contributed by atoms with Gasteiger partial charge in [-0.2, -0.15) is 5.26 Å². The first-order valence-corrected chi connectivity index (χ1v) is 9.43. The molecule has 25 heavy (non-hydrogen) atoms. The normalized spacial score (nSPS) is 16.1. The summed E-state index contributed by atoms with van der Waals surface area (Å²) in [6.07, 6.45) is 0. The summed E-state index contributed by atoms with van der Waals surface area (Å²) in [5.41, 5.74) is 4.44. The molecule has 1 atom stereocenters. The van der Waals surface area contributed by atoms with Crippen LogP contribution >= 0.6 is 11.3 Å². The molecule has 0 saturated carbocycles. The zero-order chi connectivity index (χ0) is 18.0. The molecule has 1 aromatic carbocycles. The maximum absolute atomic E-state index is 9.95. The summed E-state index contributed by atoms with van der Waals surface area (Å²) >= 11 is 1.74. The molecule has 1 aliphatic heterocycles. The minimum absolute atomic E-state index is 0.0845. The SMILES string of the molecule is Cc1ccc(C(c2c(C)sc(N3CCOCC3)c2C#N)N(C)C)cc1. The fraction of sp³-hybridized carbons (Fsp3) is 0.450. The highest BCUT2D eigenvalue weighted by Crippen LogP contribution is 2.42. The van der Waals surface area contributed by atoms with E-state index >= 15 is 0 Å². The van der Waals surface area contributed by atoms with E-state index in [1.54, 1.807) is 11.3 Å². The molecule has 5 heteroatoms. The van der Waals surface area contributed by atoms with E-state index in [-0.39, 0.29) is 6.04 Å². The van der Waals surface area contributed by atoms with Crippen molar-refractivity contribution in [2.24, 2.45) is 0 Å². The molecule has 3 rings (SSSR count). The summed E-state index contributed by atoms with van der Waals surface area (Å²) in [5.74, 6) is 0. The number of hydrogen-bond donors (Lipinski definition) is 0. The van der Waals surface area contributed by atoms with Gasteiger partial charge in [0.1, 0.15) is 11.1 Å². The zero-order valence-corrected chi connectivity index (χ0v) is 16.2. The number of benzene rings is 1. The number of hydrogen-bond acceptors (Lipinski definition) is 5. The van der Waals surface area contributed by atoms with Gasteiger partial charge in [-0.15, -0.1) is 11.3 Å². The van der Waals surface area contributed by atoms with E-state index < -0.39 is 0 Å². The van der Waals surface area contributed by atoms with Crippen LogP contribution in [0.25, 0.3) is 0 Å². The lowest BCUT2D eigenvalue weighted by Crippen LogP contribution is -2.36. The number of nitriles is 1. The Labute approximate surface area is 154 Å². The second-order valence-electron chi connectivity index (χ2n) is 6.74. The molecule has 0 amide bonds. The summed E-state index contributed by atoms with van der Waals surface area (Å²) in [4.78, 5) is 5.71. The van der Waals surface area contributed by atoms with Crippen molar-refractivity contribution in [3.05, 3.63) is 51.4 Å². The monoisotopic (exact) mass is 355 g/mol. The third-order valence-electron chi connectivity index (χ3n) is 4.71. The Hall–Kier alpha value is -1.87. The van der Waals surface area contributed by atoms with E-state index in [1.807, 2.05) is 0 Å². The van der Waals surface area contributed by atoms with Gasteiger partial charge in [-0.3, -0.25) is 4.90 Å². The first-order valence-electron chi connectivity index (χ1n) is 8.62. The molecule has 2 heterocycles. The topological polar surface area (TPSA) is 39.5 Å². The molecule has 0 aliphatic carbocycles. The van der Waals surface area contributed by atoms with E-state index in [0.717, 1.165) is 42.4 Å². The van der Waals surface area contributed by atoms with Gasteiger partial charge in [0.2, 0.25) is 0 Å². The summed E-state index contributed by atoms with van der Waals surface area (Å²) in [6.45, 7) is 7.39. The van der Waals surface area contributed by atoms with Crippen LogP contribution in [0, 0.1) is 25.2 Å². The number of rotatable bonds is 4. The van der Waals surface area contributed by atoms with Crippen molar-refractivity contribution < 1.29 is 4.74 Å². The first-order chi connectivity index (χ1) is 12.0. The maximum atomic E-state index is 9.95. The number of morpholine rings is 1. The van der Waals surface area contributed by atoms with Crippen molar-refractivity contribution in [1.29, 1.82) is 5.26 Å². The first kappa shape index (κ1) is 17.9. The minimum Gasteiger partial charge on any atom is -0.378 e. The Balaban J connectivity index is 2.08.